The maximum atomic E-state index is 13.4. The molecule has 0 atom stereocenters. The Morgan fingerprint density at radius 2 is 1.57 bits per heavy atom. The standard InChI is InChI=1S/C20H24F3N3O2/c1-11(27)24-15-2-3-17(16(7-15)20(21,22)23)25-18(28)26-19-8-12-4-13(9-19)6-14(5-12)10-19/h2-3,7,12-14H,4-6,8-10H2,1H3,(H,24,27)(H2,25,26,28). The zero-order chi connectivity index (χ0) is 20.1. The van der Waals surface area contributed by atoms with Crippen LogP contribution in [-0.2, 0) is 11.0 Å². The van der Waals surface area contributed by atoms with Crippen LogP contribution in [0.1, 0.15) is 51.0 Å². The van der Waals surface area contributed by atoms with Gasteiger partial charge in [-0.25, -0.2) is 4.79 Å². The minimum atomic E-state index is -4.65. The van der Waals surface area contributed by atoms with Gasteiger partial charge in [0.2, 0.25) is 5.91 Å². The van der Waals surface area contributed by atoms with Crippen LogP contribution in [0.5, 0.6) is 0 Å². The Morgan fingerprint density at radius 1 is 1.00 bits per heavy atom. The van der Waals surface area contributed by atoms with Crippen molar-refractivity contribution in [2.24, 2.45) is 17.8 Å². The summed E-state index contributed by atoms with van der Waals surface area (Å²) in [7, 11) is 0. The predicted molar refractivity (Wildman–Crippen MR) is 98.8 cm³/mol. The quantitative estimate of drug-likeness (QED) is 0.691. The Morgan fingerprint density at radius 3 is 2.07 bits per heavy atom. The lowest BCUT2D eigenvalue weighted by Gasteiger charge is -2.56. The molecule has 0 heterocycles. The fraction of sp³-hybridized carbons (Fsp3) is 0.600. The first kappa shape index (κ1) is 19.1. The van der Waals surface area contributed by atoms with Crippen molar-refractivity contribution in [3.05, 3.63) is 23.8 Å². The summed E-state index contributed by atoms with van der Waals surface area (Å²) in [6.45, 7) is 1.22. The van der Waals surface area contributed by atoms with E-state index < -0.39 is 23.7 Å². The largest absolute Gasteiger partial charge is 0.418 e. The lowest BCUT2D eigenvalue weighted by molar-refractivity contribution is -0.137. The van der Waals surface area contributed by atoms with Crippen LogP contribution in [0, 0.1) is 17.8 Å². The SMILES string of the molecule is CC(=O)Nc1ccc(NC(=O)NC23CC4CC(CC(C4)C2)C3)c(C(F)(F)F)c1. The van der Waals surface area contributed by atoms with E-state index in [1.165, 1.54) is 38.3 Å². The van der Waals surface area contributed by atoms with Gasteiger partial charge in [-0.3, -0.25) is 4.79 Å². The third kappa shape index (κ3) is 3.82. The highest BCUT2D eigenvalue weighted by atomic mass is 19.4. The first-order chi connectivity index (χ1) is 13.1. The summed E-state index contributed by atoms with van der Waals surface area (Å²) in [6.07, 6.45) is 1.74. The van der Waals surface area contributed by atoms with Gasteiger partial charge in [-0.05, 0) is 74.5 Å². The van der Waals surface area contributed by atoms with Gasteiger partial charge in [-0.1, -0.05) is 0 Å². The second-order valence-corrected chi connectivity index (χ2v) is 8.72. The Bertz CT molecular complexity index is 771. The molecule has 0 radical (unpaired) electrons. The van der Waals surface area contributed by atoms with Gasteiger partial charge in [-0.2, -0.15) is 13.2 Å². The molecule has 4 bridgehead atoms. The topological polar surface area (TPSA) is 70.2 Å². The van der Waals surface area contributed by atoms with E-state index in [4.69, 9.17) is 0 Å². The highest BCUT2D eigenvalue weighted by molar-refractivity contribution is 5.92. The summed E-state index contributed by atoms with van der Waals surface area (Å²) in [5, 5.41) is 7.73. The number of rotatable bonds is 3. The van der Waals surface area contributed by atoms with E-state index in [9.17, 15) is 22.8 Å². The summed E-state index contributed by atoms with van der Waals surface area (Å²) in [5.74, 6) is 1.39. The molecule has 4 aliphatic carbocycles. The number of alkyl halides is 3. The van der Waals surface area contributed by atoms with E-state index >= 15 is 0 Å². The molecule has 0 saturated heterocycles. The van der Waals surface area contributed by atoms with E-state index in [1.54, 1.807) is 0 Å². The number of amides is 3. The number of urea groups is 1. The maximum absolute atomic E-state index is 13.4. The number of anilines is 2. The number of carbonyl (C=O) groups is 2. The summed E-state index contributed by atoms with van der Waals surface area (Å²) < 4.78 is 40.3. The van der Waals surface area contributed by atoms with E-state index in [1.807, 2.05) is 0 Å². The number of carbonyl (C=O) groups excluding carboxylic acids is 2. The molecular formula is C20H24F3N3O2. The Hall–Kier alpha value is -2.25. The van der Waals surface area contributed by atoms with Crippen LogP contribution in [0.25, 0.3) is 0 Å². The van der Waals surface area contributed by atoms with E-state index in [-0.39, 0.29) is 16.9 Å². The van der Waals surface area contributed by atoms with Gasteiger partial charge in [0.1, 0.15) is 0 Å². The number of benzene rings is 1. The molecule has 4 saturated carbocycles. The molecule has 3 amide bonds. The lowest BCUT2D eigenvalue weighted by atomic mass is 9.53. The molecule has 8 heteroatoms. The summed E-state index contributed by atoms with van der Waals surface area (Å²) in [5.41, 5.74) is -1.55. The highest BCUT2D eigenvalue weighted by Gasteiger charge is 2.51. The van der Waals surface area contributed by atoms with Crippen LogP contribution in [0.3, 0.4) is 0 Å². The van der Waals surface area contributed by atoms with Crippen molar-refractivity contribution in [2.45, 2.75) is 57.2 Å². The molecule has 0 spiro atoms. The van der Waals surface area contributed by atoms with Crippen molar-refractivity contribution in [3.8, 4) is 0 Å². The fourth-order valence-electron chi connectivity index (χ4n) is 5.83. The molecule has 5 nitrogen and oxygen atoms in total. The molecule has 0 unspecified atom stereocenters. The zero-order valence-corrected chi connectivity index (χ0v) is 15.7. The molecular weight excluding hydrogens is 371 g/mol. The maximum Gasteiger partial charge on any atom is 0.418 e. The zero-order valence-electron chi connectivity index (χ0n) is 15.7. The molecule has 4 fully saturated rings. The first-order valence-electron chi connectivity index (χ1n) is 9.70. The van der Waals surface area contributed by atoms with Gasteiger partial charge in [0.15, 0.2) is 0 Å². The first-order valence-corrected chi connectivity index (χ1v) is 9.70. The van der Waals surface area contributed by atoms with Gasteiger partial charge in [0.05, 0.1) is 11.3 Å². The monoisotopic (exact) mass is 395 g/mol. The molecule has 1 aromatic rings. The molecule has 1 aromatic carbocycles. The molecule has 5 rings (SSSR count). The van der Waals surface area contributed by atoms with Gasteiger partial charge >= 0.3 is 12.2 Å². The molecule has 0 aromatic heterocycles. The molecule has 152 valence electrons. The van der Waals surface area contributed by atoms with Crippen LogP contribution >= 0.6 is 0 Å². The van der Waals surface area contributed by atoms with Gasteiger partial charge in [0.25, 0.3) is 0 Å². The number of halogens is 3. The van der Waals surface area contributed by atoms with Crippen LogP contribution in [0.2, 0.25) is 0 Å². The van der Waals surface area contributed by atoms with Crippen molar-refractivity contribution >= 4 is 23.3 Å². The van der Waals surface area contributed by atoms with Crippen LogP contribution < -0.4 is 16.0 Å². The Balaban J connectivity index is 1.50. The summed E-state index contributed by atoms with van der Waals surface area (Å²) >= 11 is 0. The van der Waals surface area contributed by atoms with Gasteiger partial charge in [-0.15, -0.1) is 0 Å². The molecule has 0 aliphatic heterocycles. The van der Waals surface area contributed by atoms with E-state index in [0.29, 0.717) is 17.8 Å². The summed E-state index contributed by atoms with van der Waals surface area (Å²) in [4.78, 5) is 23.7. The number of hydrogen-bond donors (Lipinski definition) is 3. The normalized spacial score (nSPS) is 30.8. The smallest absolute Gasteiger partial charge is 0.332 e. The fourth-order valence-corrected chi connectivity index (χ4v) is 5.83. The molecule has 4 aliphatic rings. The minimum Gasteiger partial charge on any atom is -0.332 e. The van der Waals surface area contributed by atoms with Crippen molar-refractivity contribution in [2.75, 3.05) is 10.6 Å². The van der Waals surface area contributed by atoms with Crippen molar-refractivity contribution < 1.29 is 22.8 Å². The van der Waals surface area contributed by atoms with Crippen molar-refractivity contribution in [3.63, 3.8) is 0 Å². The van der Waals surface area contributed by atoms with Crippen LogP contribution in [-0.4, -0.2) is 17.5 Å². The Kier molecular flexibility index (Phi) is 4.55. The second kappa shape index (κ2) is 6.67. The van der Waals surface area contributed by atoms with Crippen molar-refractivity contribution in [1.82, 2.24) is 5.32 Å². The number of hydrogen-bond acceptors (Lipinski definition) is 2. The highest BCUT2D eigenvalue weighted by Crippen LogP contribution is 2.55. The third-order valence-corrected chi connectivity index (χ3v) is 6.31. The predicted octanol–water partition coefficient (Wildman–Crippen LogP) is 4.75. The average Bonchev–Trinajstić information content (AvgIpc) is 2.52. The van der Waals surface area contributed by atoms with E-state index in [0.717, 1.165) is 25.3 Å². The van der Waals surface area contributed by atoms with Crippen LogP contribution in [0.15, 0.2) is 18.2 Å². The molecule has 3 N–H and O–H groups in total. The van der Waals surface area contributed by atoms with E-state index in [2.05, 4.69) is 16.0 Å². The molecule has 28 heavy (non-hydrogen) atoms. The lowest BCUT2D eigenvalue weighted by Crippen LogP contribution is -2.60. The van der Waals surface area contributed by atoms with Gasteiger partial charge < -0.3 is 16.0 Å². The van der Waals surface area contributed by atoms with Gasteiger partial charge in [0, 0.05) is 18.2 Å². The summed E-state index contributed by atoms with van der Waals surface area (Å²) in [6, 6.07) is 2.76. The third-order valence-electron chi connectivity index (χ3n) is 6.31. The number of nitrogens with one attached hydrogen (secondary N) is 3. The van der Waals surface area contributed by atoms with Crippen LogP contribution in [0.4, 0.5) is 29.3 Å². The second-order valence-electron chi connectivity index (χ2n) is 8.72. The minimum absolute atomic E-state index is 0.0341. The Labute approximate surface area is 161 Å². The average molecular weight is 395 g/mol. The van der Waals surface area contributed by atoms with Crippen molar-refractivity contribution in [1.29, 1.82) is 0 Å².